The van der Waals surface area contributed by atoms with Crippen LogP contribution in [0.5, 0.6) is 0 Å². The lowest BCUT2D eigenvalue weighted by molar-refractivity contribution is 0.0427. The molecule has 2 nitrogen and oxygen atoms in total. The topological polar surface area (TPSA) is 26.3 Å². The SMILES string of the molecule is CC1CCC(OP(=O)(F)C(C)C)C(C(C)C)C1. The molecule has 0 amide bonds. The van der Waals surface area contributed by atoms with Crippen LogP contribution in [0.2, 0.25) is 0 Å². The molecule has 0 aliphatic heterocycles. The van der Waals surface area contributed by atoms with Crippen molar-refractivity contribution in [3.05, 3.63) is 0 Å². The second-order valence-corrected chi connectivity index (χ2v) is 8.37. The summed E-state index contributed by atoms with van der Waals surface area (Å²) in [6.45, 7) is 9.74. The van der Waals surface area contributed by atoms with Gasteiger partial charge in [-0.2, -0.15) is 4.20 Å². The maximum absolute atomic E-state index is 13.9. The van der Waals surface area contributed by atoms with Gasteiger partial charge in [0, 0.05) is 0 Å². The Bertz CT molecular complexity index is 291. The highest BCUT2D eigenvalue weighted by molar-refractivity contribution is 7.54. The summed E-state index contributed by atoms with van der Waals surface area (Å²) >= 11 is 0. The number of hydrogen-bond donors (Lipinski definition) is 0. The summed E-state index contributed by atoms with van der Waals surface area (Å²) in [4.78, 5) is 0. The Labute approximate surface area is 105 Å². The van der Waals surface area contributed by atoms with E-state index in [9.17, 15) is 8.76 Å². The third kappa shape index (κ3) is 4.06. The van der Waals surface area contributed by atoms with Crippen LogP contribution in [0.3, 0.4) is 0 Å². The molecule has 1 saturated carbocycles. The third-order valence-electron chi connectivity index (χ3n) is 3.85. The van der Waals surface area contributed by atoms with Gasteiger partial charge in [-0.25, -0.2) is 0 Å². The van der Waals surface area contributed by atoms with Crippen LogP contribution < -0.4 is 0 Å². The summed E-state index contributed by atoms with van der Waals surface area (Å²) in [5.74, 6) is 1.46. The Hall–Kier alpha value is 0.120. The van der Waals surface area contributed by atoms with E-state index in [1.807, 2.05) is 0 Å². The van der Waals surface area contributed by atoms with Crippen LogP contribution in [-0.2, 0) is 9.09 Å². The molecule has 4 heteroatoms. The van der Waals surface area contributed by atoms with E-state index in [1.165, 1.54) is 0 Å². The summed E-state index contributed by atoms with van der Waals surface area (Å²) in [5.41, 5.74) is -0.533. The minimum absolute atomic E-state index is 0.163. The number of hydrogen-bond acceptors (Lipinski definition) is 2. The lowest BCUT2D eigenvalue weighted by atomic mass is 9.75. The van der Waals surface area contributed by atoms with E-state index in [2.05, 4.69) is 20.8 Å². The molecule has 0 aromatic rings. The molecule has 0 N–H and O–H groups in total. The summed E-state index contributed by atoms with van der Waals surface area (Å²) in [6.07, 6.45) is 2.78. The van der Waals surface area contributed by atoms with Crippen molar-refractivity contribution in [1.29, 1.82) is 0 Å². The molecular weight excluding hydrogens is 238 g/mol. The van der Waals surface area contributed by atoms with Gasteiger partial charge in [0.1, 0.15) is 0 Å². The van der Waals surface area contributed by atoms with E-state index in [1.54, 1.807) is 13.8 Å². The van der Waals surface area contributed by atoms with Gasteiger partial charge in [-0.3, -0.25) is 4.57 Å². The van der Waals surface area contributed by atoms with E-state index < -0.39 is 13.3 Å². The minimum atomic E-state index is -3.93. The quantitative estimate of drug-likeness (QED) is 0.665. The fraction of sp³-hybridized carbons (Fsp3) is 1.00. The maximum atomic E-state index is 13.9. The standard InChI is InChI=1S/C13H26FO2P/c1-9(2)12-8-11(5)6-7-13(12)16-17(14,15)10(3)4/h9-13H,6-8H2,1-5H3. The molecule has 102 valence electrons. The van der Waals surface area contributed by atoms with Crippen LogP contribution in [0.1, 0.15) is 53.9 Å². The van der Waals surface area contributed by atoms with E-state index in [0.29, 0.717) is 17.8 Å². The van der Waals surface area contributed by atoms with E-state index in [4.69, 9.17) is 4.52 Å². The van der Waals surface area contributed by atoms with Crippen molar-refractivity contribution in [3.63, 3.8) is 0 Å². The molecule has 1 fully saturated rings. The van der Waals surface area contributed by atoms with Crippen molar-refractivity contribution >= 4 is 7.68 Å². The molecule has 4 atom stereocenters. The molecule has 0 aromatic heterocycles. The van der Waals surface area contributed by atoms with Crippen LogP contribution in [0, 0.1) is 17.8 Å². The normalized spacial score (nSPS) is 34.0. The van der Waals surface area contributed by atoms with Crippen LogP contribution in [0.4, 0.5) is 4.20 Å². The van der Waals surface area contributed by atoms with Gasteiger partial charge >= 0.3 is 7.68 Å². The fourth-order valence-corrected chi connectivity index (χ4v) is 3.41. The predicted molar refractivity (Wildman–Crippen MR) is 70.1 cm³/mol. The zero-order chi connectivity index (χ0) is 13.2. The molecule has 17 heavy (non-hydrogen) atoms. The van der Waals surface area contributed by atoms with Gasteiger partial charge in [-0.1, -0.05) is 34.6 Å². The highest BCUT2D eigenvalue weighted by Crippen LogP contribution is 2.56. The Kier molecular flexibility index (Phi) is 5.21. The van der Waals surface area contributed by atoms with Crippen LogP contribution in [0.25, 0.3) is 0 Å². The van der Waals surface area contributed by atoms with E-state index in [0.717, 1.165) is 19.3 Å². The van der Waals surface area contributed by atoms with Crippen molar-refractivity contribution in [2.24, 2.45) is 17.8 Å². The zero-order valence-electron chi connectivity index (χ0n) is 11.6. The van der Waals surface area contributed by atoms with Crippen LogP contribution in [0.15, 0.2) is 0 Å². The zero-order valence-corrected chi connectivity index (χ0v) is 12.5. The molecule has 0 bridgehead atoms. The molecule has 0 heterocycles. The Balaban J connectivity index is 2.71. The average molecular weight is 264 g/mol. The summed E-state index contributed by atoms with van der Waals surface area (Å²) < 4.78 is 31.0. The monoisotopic (exact) mass is 264 g/mol. The highest BCUT2D eigenvalue weighted by Gasteiger charge is 2.38. The predicted octanol–water partition coefficient (Wildman–Crippen LogP) is 5.03. The Morgan fingerprint density at radius 3 is 2.29 bits per heavy atom. The Morgan fingerprint density at radius 1 is 1.24 bits per heavy atom. The van der Waals surface area contributed by atoms with E-state index in [-0.39, 0.29) is 6.10 Å². The van der Waals surface area contributed by atoms with Gasteiger partial charge in [-0.15, -0.1) is 0 Å². The average Bonchev–Trinajstić information content (AvgIpc) is 2.19. The molecule has 4 unspecified atom stereocenters. The molecule has 0 aromatic carbocycles. The van der Waals surface area contributed by atoms with Crippen molar-refractivity contribution < 1.29 is 13.3 Å². The van der Waals surface area contributed by atoms with Gasteiger partial charge in [0.05, 0.1) is 11.8 Å². The van der Waals surface area contributed by atoms with Gasteiger partial charge in [0.15, 0.2) is 0 Å². The molecule has 1 aliphatic rings. The number of halogens is 1. The lowest BCUT2D eigenvalue weighted by Gasteiger charge is -2.37. The smallest absolute Gasteiger partial charge is 0.302 e. The van der Waals surface area contributed by atoms with Gasteiger partial charge in [0.2, 0.25) is 0 Å². The van der Waals surface area contributed by atoms with Crippen molar-refractivity contribution in [3.8, 4) is 0 Å². The number of rotatable bonds is 4. The molecule has 0 spiro atoms. The van der Waals surface area contributed by atoms with Crippen LogP contribution >= 0.6 is 7.68 Å². The molecular formula is C13H26FO2P. The highest BCUT2D eigenvalue weighted by atomic mass is 31.2. The first-order valence-corrected chi connectivity index (χ1v) is 8.30. The molecule has 1 aliphatic carbocycles. The van der Waals surface area contributed by atoms with Crippen LogP contribution in [-0.4, -0.2) is 11.8 Å². The fourth-order valence-electron chi connectivity index (χ4n) is 2.54. The van der Waals surface area contributed by atoms with Gasteiger partial charge in [-0.05, 0) is 37.0 Å². The molecule has 0 radical (unpaired) electrons. The van der Waals surface area contributed by atoms with Gasteiger partial charge < -0.3 is 4.52 Å². The third-order valence-corrected chi connectivity index (χ3v) is 5.64. The summed E-state index contributed by atoms with van der Waals surface area (Å²) in [7, 11) is -3.93. The summed E-state index contributed by atoms with van der Waals surface area (Å²) in [6, 6.07) is 0. The van der Waals surface area contributed by atoms with Crippen molar-refractivity contribution in [1.82, 2.24) is 0 Å². The second-order valence-electron chi connectivity index (χ2n) is 6.08. The molecule has 1 rings (SSSR count). The summed E-state index contributed by atoms with van der Waals surface area (Å²) in [5, 5.41) is 0. The molecule has 0 saturated heterocycles. The lowest BCUT2D eigenvalue weighted by Crippen LogP contribution is -2.33. The first-order valence-electron chi connectivity index (χ1n) is 6.71. The Morgan fingerprint density at radius 2 is 1.82 bits per heavy atom. The van der Waals surface area contributed by atoms with E-state index >= 15 is 0 Å². The van der Waals surface area contributed by atoms with Gasteiger partial charge in [0.25, 0.3) is 0 Å². The largest absolute Gasteiger partial charge is 0.370 e. The second kappa shape index (κ2) is 5.84. The first-order chi connectivity index (χ1) is 7.74. The minimum Gasteiger partial charge on any atom is -0.302 e. The van der Waals surface area contributed by atoms with Crippen molar-refractivity contribution in [2.45, 2.75) is 65.6 Å². The van der Waals surface area contributed by atoms with Crippen molar-refractivity contribution in [2.75, 3.05) is 0 Å². The maximum Gasteiger partial charge on any atom is 0.370 e. The first kappa shape index (κ1) is 15.2.